The Morgan fingerprint density at radius 2 is 1.94 bits per heavy atom. The molecule has 0 aliphatic carbocycles. The second-order valence-electron chi connectivity index (χ2n) is 2.83. The molecule has 0 aliphatic rings. The van der Waals surface area contributed by atoms with Crippen molar-refractivity contribution in [1.82, 2.24) is 3.96 Å². The van der Waals surface area contributed by atoms with Crippen LogP contribution < -0.4 is 5.56 Å². The Balaban J connectivity index is 0.000000606. The summed E-state index contributed by atoms with van der Waals surface area (Å²) in [6.45, 7) is 4.00. The number of fused-ring (bicyclic) bond motifs is 1. The van der Waals surface area contributed by atoms with Crippen molar-refractivity contribution in [2.75, 3.05) is 0 Å². The number of rotatable bonds is 0. The van der Waals surface area contributed by atoms with Gasteiger partial charge in [0, 0.05) is 7.05 Å². The summed E-state index contributed by atoms with van der Waals surface area (Å²) in [5, 5.41) is 18.9. The van der Waals surface area contributed by atoms with E-state index in [4.69, 9.17) is 11.6 Å². The van der Waals surface area contributed by atoms with Gasteiger partial charge in [-0.25, -0.2) is 0 Å². The molecule has 88 valence electrons. The van der Waals surface area contributed by atoms with Gasteiger partial charge in [-0.1, -0.05) is 37.0 Å². The second kappa shape index (κ2) is 4.76. The highest BCUT2D eigenvalue weighted by Gasteiger charge is 2.15. The molecular weight excluding hydrogens is 250 g/mol. The molecule has 0 fully saturated rings. The quantitative estimate of drug-likeness (QED) is 0.717. The van der Waals surface area contributed by atoms with E-state index in [0.717, 1.165) is 11.5 Å². The molecule has 0 amide bonds. The Labute approximate surface area is 101 Å². The van der Waals surface area contributed by atoms with E-state index in [1.165, 1.54) is 10.0 Å². The van der Waals surface area contributed by atoms with Gasteiger partial charge in [0.05, 0.1) is 10.1 Å². The number of aromatic hydroxyl groups is 2. The lowest BCUT2D eigenvalue weighted by molar-refractivity contribution is 0.405. The van der Waals surface area contributed by atoms with E-state index < -0.39 is 0 Å². The van der Waals surface area contributed by atoms with Crippen LogP contribution in [0.1, 0.15) is 13.8 Å². The van der Waals surface area contributed by atoms with Crippen molar-refractivity contribution in [3.05, 3.63) is 21.4 Å². The van der Waals surface area contributed by atoms with E-state index in [1.54, 1.807) is 7.05 Å². The SMILES string of the molecule is CC.Cn1sc2c(Cl)c(O)c(O)cc2c1=O. The molecule has 2 rings (SSSR count). The molecule has 4 nitrogen and oxygen atoms in total. The fourth-order valence-electron chi connectivity index (χ4n) is 1.20. The summed E-state index contributed by atoms with van der Waals surface area (Å²) in [7, 11) is 1.59. The average Bonchev–Trinajstić information content (AvgIpc) is 2.57. The number of phenolic OH excluding ortho intramolecular Hbond substituents is 2. The zero-order valence-corrected chi connectivity index (χ0v) is 10.7. The molecule has 6 heteroatoms. The number of hydrogen-bond acceptors (Lipinski definition) is 4. The van der Waals surface area contributed by atoms with Gasteiger partial charge in [-0.3, -0.25) is 8.75 Å². The molecule has 0 spiro atoms. The Morgan fingerprint density at radius 1 is 1.38 bits per heavy atom. The highest BCUT2D eigenvalue weighted by molar-refractivity contribution is 7.14. The number of hydrogen-bond donors (Lipinski definition) is 2. The molecule has 1 aromatic heterocycles. The predicted molar refractivity (Wildman–Crippen MR) is 66.8 cm³/mol. The Bertz CT molecular complexity index is 573. The highest BCUT2D eigenvalue weighted by atomic mass is 35.5. The summed E-state index contributed by atoms with van der Waals surface area (Å²) in [6, 6.07) is 1.22. The number of nitrogens with zero attached hydrogens (tertiary/aromatic N) is 1. The number of aryl methyl sites for hydroxylation is 1. The molecule has 16 heavy (non-hydrogen) atoms. The molecule has 0 aliphatic heterocycles. The molecule has 0 bridgehead atoms. The average molecular weight is 262 g/mol. The standard InChI is InChI=1S/C8H6ClNO3S.C2H6/c1-10-8(13)3-2-4(11)6(12)5(9)7(3)14-10;1-2/h2,11-12H,1H3;1-2H3. The van der Waals surface area contributed by atoms with Crippen molar-refractivity contribution in [2.45, 2.75) is 13.8 Å². The topological polar surface area (TPSA) is 62.5 Å². The van der Waals surface area contributed by atoms with Gasteiger partial charge in [0.15, 0.2) is 11.5 Å². The van der Waals surface area contributed by atoms with Crippen LogP contribution in [0.5, 0.6) is 11.5 Å². The summed E-state index contributed by atoms with van der Waals surface area (Å²) in [6.07, 6.45) is 0. The van der Waals surface area contributed by atoms with Crippen LogP contribution in [0, 0.1) is 0 Å². The van der Waals surface area contributed by atoms with Crippen LogP contribution in [-0.2, 0) is 7.05 Å². The van der Waals surface area contributed by atoms with Gasteiger partial charge in [-0.2, -0.15) is 0 Å². The third-order valence-corrected chi connectivity index (χ3v) is 3.45. The fraction of sp³-hybridized carbons (Fsp3) is 0.300. The van der Waals surface area contributed by atoms with Gasteiger partial charge in [0.2, 0.25) is 0 Å². The maximum Gasteiger partial charge on any atom is 0.268 e. The number of halogens is 1. The van der Waals surface area contributed by atoms with Gasteiger partial charge in [0.1, 0.15) is 5.02 Å². The second-order valence-corrected chi connectivity index (χ2v) is 4.35. The molecular formula is C10H12ClNO3S. The van der Waals surface area contributed by atoms with E-state index >= 15 is 0 Å². The maximum absolute atomic E-state index is 11.5. The van der Waals surface area contributed by atoms with Crippen LogP contribution in [0.15, 0.2) is 10.9 Å². The number of phenols is 2. The lowest BCUT2D eigenvalue weighted by Gasteiger charge is -1.99. The van der Waals surface area contributed by atoms with Crippen LogP contribution in [0.25, 0.3) is 10.1 Å². The van der Waals surface area contributed by atoms with Gasteiger partial charge in [0.25, 0.3) is 5.56 Å². The highest BCUT2D eigenvalue weighted by Crippen LogP contribution is 2.39. The summed E-state index contributed by atoms with van der Waals surface area (Å²) < 4.78 is 1.87. The van der Waals surface area contributed by atoms with E-state index in [-0.39, 0.29) is 22.1 Å². The van der Waals surface area contributed by atoms with Gasteiger partial charge in [-0.05, 0) is 6.07 Å². The monoisotopic (exact) mass is 261 g/mol. The third kappa shape index (κ3) is 1.88. The van der Waals surface area contributed by atoms with E-state index in [1.807, 2.05) is 13.8 Å². The van der Waals surface area contributed by atoms with Crippen molar-refractivity contribution < 1.29 is 10.2 Å². The largest absolute Gasteiger partial charge is 0.504 e. The first-order chi connectivity index (χ1) is 7.52. The molecule has 1 aromatic carbocycles. The predicted octanol–water partition coefficient (Wildman–Crippen LogP) is 2.69. The van der Waals surface area contributed by atoms with Gasteiger partial charge < -0.3 is 10.2 Å². The number of benzene rings is 1. The molecule has 0 saturated heterocycles. The minimum atomic E-state index is -0.388. The number of aromatic nitrogens is 1. The van der Waals surface area contributed by atoms with Crippen LogP contribution in [0.4, 0.5) is 0 Å². The smallest absolute Gasteiger partial charge is 0.268 e. The normalized spacial score (nSPS) is 10.0. The minimum Gasteiger partial charge on any atom is -0.504 e. The van der Waals surface area contributed by atoms with E-state index in [9.17, 15) is 15.0 Å². The Morgan fingerprint density at radius 3 is 2.50 bits per heavy atom. The molecule has 1 heterocycles. The Hall–Kier alpha value is -1.20. The van der Waals surface area contributed by atoms with E-state index in [2.05, 4.69) is 0 Å². The summed E-state index contributed by atoms with van der Waals surface area (Å²) in [5.41, 5.74) is -0.234. The summed E-state index contributed by atoms with van der Waals surface area (Å²) >= 11 is 6.89. The summed E-state index contributed by atoms with van der Waals surface area (Å²) in [5.74, 6) is -0.765. The van der Waals surface area contributed by atoms with E-state index in [0.29, 0.717) is 10.1 Å². The van der Waals surface area contributed by atoms with Crippen molar-refractivity contribution in [3.8, 4) is 11.5 Å². The first-order valence-electron chi connectivity index (χ1n) is 4.73. The lowest BCUT2D eigenvalue weighted by atomic mass is 10.2. The lowest BCUT2D eigenvalue weighted by Crippen LogP contribution is -2.07. The fourth-order valence-corrected chi connectivity index (χ4v) is 2.38. The van der Waals surface area contributed by atoms with Crippen molar-refractivity contribution in [2.24, 2.45) is 7.05 Å². The van der Waals surface area contributed by atoms with Crippen molar-refractivity contribution >= 4 is 33.2 Å². The van der Waals surface area contributed by atoms with Gasteiger partial charge >= 0.3 is 0 Å². The zero-order chi connectivity index (χ0) is 12.5. The van der Waals surface area contributed by atoms with Crippen LogP contribution >= 0.6 is 23.1 Å². The summed E-state index contributed by atoms with van der Waals surface area (Å²) in [4.78, 5) is 11.5. The molecule has 2 N–H and O–H groups in total. The first kappa shape index (κ1) is 12.9. The molecule has 0 unspecified atom stereocenters. The molecule has 2 aromatic rings. The zero-order valence-electron chi connectivity index (χ0n) is 9.11. The molecule has 0 radical (unpaired) electrons. The first-order valence-corrected chi connectivity index (χ1v) is 5.88. The maximum atomic E-state index is 11.5. The van der Waals surface area contributed by atoms with Gasteiger partial charge in [-0.15, -0.1) is 0 Å². The molecule has 0 atom stereocenters. The van der Waals surface area contributed by atoms with Crippen LogP contribution in [-0.4, -0.2) is 14.2 Å². The van der Waals surface area contributed by atoms with Crippen molar-refractivity contribution in [1.29, 1.82) is 0 Å². The minimum absolute atomic E-state index is 0.0164. The third-order valence-electron chi connectivity index (χ3n) is 1.92. The van der Waals surface area contributed by atoms with Crippen molar-refractivity contribution in [3.63, 3.8) is 0 Å². The van der Waals surface area contributed by atoms with Crippen LogP contribution in [0.3, 0.4) is 0 Å². The van der Waals surface area contributed by atoms with Crippen LogP contribution in [0.2, 0.25) is 5.02 Å². The molecule has 0 saturated carbocycles. The Kier molecular flexibility index (Phi) is 3.83.